The van der Waals surface area contributed by atoms with Crippen molar-refractivity contribution in [3.63, 3.8) is 0 Å². The van der Waals surface area contributed by atoms with Crippen molar-refractivity contribution in [3.8, 4) is 12.3 Å². The summed E-state index contributed by atoms with van der Waals surface area (Å²) in [6, 6.07) is 2.64. The Bertz CT molecular complexity index is 449. The van der Waals surface area contributed by atoms with Crippen LogP contribution in [-0.4, -0.2) is 18.9 Å². The van der Waals surface area contributed by atoms with Gasteiger partial charge >= 0.3 is 0 Å². The highest BCUT2D eigenvalue weighted by molar-refractivity contribution is 5.97. The monoisotopic (exact) mass is 223 g/mol. The molecule has 0 saturated carbocycles. The number of halogens is 2. The molecule has 4 heteroatoms. The number of nitrogens with one attached hydrogen (secondary N) is 1. The number of benzene rings is 1. The molecule has 0 spiro atoms. The molecule has 0 aromatic heterocycles. The van der Waals surface area contributed by atoms with Crippen LogP contribution in [0, 0.1) is 30.9 Å². The van der Waals surface area contributed by atoms with Gasteiger partial charge in [-0.3, -0.25) is 10.1 Å². The Morgan fingerprint density at radius 3 is 2.75 bits per heavy atom. The number of aryl methyl sites for hydroxylation is 1. The molecule has 2 nitrogen and oxygen atoms in total. The number of terminal acetylenes is 1. The van der Waals surface area contributed by atoms with Crippen LogP contribution in [0.4, 0.5) is 8.78 Å². The fraction of sp³-hybridized carbons (Fsp3) is 0.250. The van der Waals surface area contributed by atoms with Gasteiger partial charge in [-0.1, -0.05) is 12.0 Å². The summed E-state index contributed by atoms with van der Waals surface area (Å²) < 4.78 is 26.5. The molecule has 0 atom stereocenters. The Hall–Kier alpha value is -1.73. The maximum Gasteiger partial charge on any atom is 0.179 e. The quantitative estimate of drug-likeness (QED) is 0.478. The van der Waals surface area contributed by atoms with Crippen molar-refractivity contribution >= 4 is 5.78 Å². The number of Topliss-reactive ketones (excluding diaryl/α,β-unsaturated/α-hetero) is 1. The van der Waals surface area contributed by atoms with Crippen LogP contribution < -0.4 is 5.32 Å². The number of carbonyl (C=O) groups excluding carboxylic acids is 1. The molecule has 1 N–H and O–H groups in total. The van der Waals surface area contributed by atoms with Crippen molar-refractivity contribution < 1.29 is 13.6 Å². The van der Waals surface area contributed by atoms with E-state index in [1.807, 2.05) is 0 Å². The molecule has 0 aliphatic carbocycles. The Morgan fingerprint density at radius 1 is 1.44 bits per heavy atom. The average Bonchev–Trinajstić information content (AvgIpc) is 2.26. The fourth-order valence-electron chi connectivity index (χ4n) is 1.20. The zero-order chi connectivity index (χ0) is 12.1. The van der Waals surface area contributed by atoms with Gasteiger partial charge in [-0.25, -0.2) is 8.78 Å². The van der Waals surface area contributed by atoms with Gasteiger partial charge in [-0.15, -0.1) is 6.42 Å². The number of ketones is 1. The SMILES string of the molecule is C#CCNCC(=O)c1ccc(C)c(F)c1F. The van der Waals surface area contributed by atoms with Crippen molar-refractivity contribution in [2.24, 2.45) is 0 Å². The van der Waals surface area contributed by atoms with Gasteiger partial charge in [0.05, 0.1) is 18.7 Å². The maximum atomic E-state index is 13.4. The second-order valence-corrected chi connectivity index (χ2v) is 3.29. The van der Waals surface area contributed by atoms with E-state index in [-0.39, 0.29) is 24.2 Å². The van der Waals surface area contributed by atoms with Crippen LogP contribution in [0.25, 0.3) is 0 Å². The summed E-state index contributed by atoms with van der Waals surface area (Å²) in [4.78, 5) is 11.5. The van der Waals surface area contributed by atoms with Crippen LogP contribution in [0.2, 0.25) is 0 Å². The zero-order valence-electron chi connectivity index (χ0n) is 8.81. The molecule has 0 aliphatic rings. The van der Waals surface area contributed by atoms with Gasteiger partial charge in [0.25, 0.3) is 0 Å². The van der Waals surface area contributed by atoms with Gasteiger partial charge in [-0.05, 0) is 18.6 Å². The highest BCUT2D eigenvalue weighted by Crippen LogP contribution is 2.15. The second-order valence-electron chi connectivity index (χ2n) is 3.29. The molecule has 84 valence electrons. The molecular weight excluding hydrogens is 212 g/mol. The molecular formula is C12H11F2NO. The first-order valence-corrected chi connectivity index (χ1v) is 4.70. The summed E-state index contributed by atoms with van der Waals surface area (Å²) >= 11 is 0. The molecule has 0 saturated heterocycles. The van der Waals surface area contributed by atoms with Gasteiger partial charge in [0.1, 0.15) is 0 Å². The summed E-state index contributed by atoms with van der Waals surface area (Å²) in [5.74, 6) is -0.331. The molecule has 1 aromatic carbocycles. The minimum absolute atomic E-state index is 0.108. The molecule has 0 radical (unpaired) electrons. The topological polar surface area (TPSA) is 29.1 Å². The van der Waals surface area contributed by atoms with E-state index in [4.69, 9.17) is 6.42 Å². The molecule has 0 amide bonds. The lowest BCUT2D eigenvalue weighted by Crippen LogP contribution is -2.24. The lowest BCUT2D eigenvalue weighted by Gasteiger charge is -2.05. The van der Waals surface area contributed by atoms with E-state index >= 15 is 0 Å². The molecule has 0 bridgehead atoms. The van der Waals surface area contributed by atoms with Crippen LogP contribution in [0.3, 0.4) is 0 Å². The van der Waals surface area contributed by atoms with Crippen LogP contribution in [0.5, 0.6) is 0 Å². The number of rotatable bonds is 4. The Kier molecular flexibility index (Phi) is 4.15. The predicted octanol–water partition coefficient (Wildman–Crippen LogP) is 1.68. The van der Waals surface area contributed by atoms with Crippen LogP contribution in [-0.2, 0) is 0 Å². The van der Waals surface area contributed by atoms with E-state index in [2.05, 4.69) is 11.2 Å². The van der Waals surface area contributed by atoms with Crippen molar-refractivity contribution in [1.82, 2.24) is 5.32 Å². The van der Waals surface area contributed by atoms with E-state index in [0.29, 0.717) is 0 Å². The van der Waals surface area contributed by atoms with Crippen LogP contribution in [0.15, 0.2) is 12.1 Å². The Morgan fingerprint density at radius 2 is 2.12 bits per heavy atom. The number of hydrogen-bond acceptors (Lipinski definition) is 2. The van der Waals surface area contributed by atoms with Crippen molar-refractivity contribution in [2.45, 2.75) is 6.92 Å². The third-order valence-corrected chi connectivity index (χ3v) is 2.09. The summed E-state index contributed by atoms with van der Waals surface area (Å²) in [7, 11) is 0. The Labute approximate surface area is 92.7 Å². The molecule has 16 heavy (non-hydrogen) atoms. The van der Waals surface area contributed by atoms with E-state index < -0.39 is 17.4 Å². The normalized spacial score (nSPS) is 9.88. The first-order chi connectivity index (χ1) is 7.57. The molecule has 0 fully saturated rings. The molecule has 0 heterocycles. The molecule has 1 rings (SSSR count). The van der Waals surface area contributed by atoms with Gasteiger partial charge in [0.15, 0.2) is 17.4 Å². The first-order valence-electron chi connectivity index (χ1n) is 4.70. The molecule has 0 unspecified atom stereocenters. The smallest absolute Gasteiger partial charge is 0.179 e. The Balaban J connectivity index is 2.85. The number of hydrogen-bond donors (Lipinski definition) is 1. The number of carbonyl (C=O) groups is 1. The van der Waals surface area contributed by atoms with E-state index in [9.17, 15) is 13.6 Å². The van der Waals surface area contributed by atoms with Crippen LogP contribution in [0.1, 0.15) is 15.9 Å². The maximum absolute atomic E-state index is 13.4. The predicted molar refractivity (Wildman–Crippen MR) is 57.1 cm³/mol. The third-order valence-electron chi connectivity index (χ3n) is 2.09. The van der Waals surface area contributed by atoms with Crippen molar-refractivity contribution in [2.75, 3.05) is 13.1 Å². The summed E-state index contributed by atoms with van der Waals surface area (Å²) in [5, 5.41) is 2.62. The minimum atomic E-state index is -1.10. The van der Waals surface area contributed by atoms with Gasteiger partial charge in [-0.2, -0.15) is 0 Å². The molecule has 0 aliphatic heterocycles. The van der Waals surface area contributed by atoms with Crippen molar-refractivity contribution in [3.05, 3.63) is 34.9 Å². The van der Waals surface area contributed by atoms with E-state index in [1.54, 1.807) is 0 Å². The largest absolute Gasteiger partial charge is 0.299 e. The highest BCUT2D eigenvalue weighted by Gasteiger charge is 2.16. The summed E-state index contributed by atoms with van der Waals surface area (Å²) in [6.45, 7) is 1.54. The second kappa shape index (κ2) is 5.38. The molecule has 1 aromatic rings. The fourth-order valence-corrected chi connectivity index (χ4v) is 1.20. The highest BCUT2D eigenvalue weighted by atomic mass is 19.2. The standard InChI is InChI=1S/C12H11F2NO/c1-3-6-15-7-10(16)9-5-4-8(2)11(13)12(9)14/h1,4-5,15H,6-7H2,2H3. The lowest BCUT2D eigenvalue weighted by molar-refractivity contribution is 0.0987. The summed E-state index contributed by atoms with van der Waals surface area (Å²) in [6.07, 6.45) is 4.97. The summed E-state index contributed by atoms with van der Waals surface area (Å²) in [5.41, 5.74) is -0.0849. The lowest BCUT2D eigenvalue weighted by atomic mass is 10.1. The first kappa shape index (κ1) is 12.3. The third kappa shape index (κ3) is 2.65. The van der Waals surface area contributed by atoms with Gasteiger partial charge < -0.3 is 0 Å². The van der Waals surface area contributed by atoms with E-state index in [0.717, 1.165) is 0 Å². The van der Waals surface area contributed by atoms with Crippen LogP contribution >= 0.6 is 0 Å². The zero-order valence-corrected chi connectivity index (χ0v) is 8.81. The minimum Gasteiger partial charge on any atom is -0.299 e. The average molecular weight is 223 g/mol. The van der Waals surface area contributed by atoms with Gasteiger partial charge in [0.2, 0.25) is 0 Å². The van der Waals surface area contributed by atoms with Crippen molar-refractivity contribution in [1.29, 1.82) is 0 Å². The van der Waals surface area contributed by atoms with Gasteiger partial charge in [0, 0.05) is 0 Å². The van der Waals surface area contributed by atoms with E-state index in [1.165, 1.54) is 19.1 Å².